The summed E-state index contributed by atoms with van der Waals surface area (Å²) >= 11 is 0. The van der Waals surface area contributed by atoms with E-state index in [1.54, 1.807) is 6.08 Å². The van der Waals surface area contributed by atoms with E-state index in [0.717, 1.165) is 35.1 Å². The topological polar surface area (TPSA) is 80.2 Å². The molecule has 3 aromatic carbocycles. The number of aliphatic hydroxyl groups is 1. The van der Waals surface area contributed by atoms with Crippen LogP contribution in [-0.4, -0.2) is 42.2 Å². The fourth-order valence-electron chi connectivity index (χ4n) is 4.55. The third-order valence-corrected chi connectivity index (χ3v) is 6.62. The molecule has 0 spiro atoms. The molecule has 0 unspecified atom stereocenters. The zero-order chi connectivity index (χ0) is 26.8. The molecule has 38 heavy (non-hydrogen) atoms. The third kappa shape index (κ3) is 6.14. The first-order valence-electron chi connectivity index (χ1n) is 13.3. The summed E-state index contributed by atoms with van der Waals surface area (Å²) in [7, 11) is 0. The normalized spacial score (nSPS) is 18.4. The van der Waals surface area contributed by atoms with Gasteiger partial charge in [0.15, 0.2) is 11.6 Å². The maximum Gasteiger partial charge on any atom is 0.252 e. The Morgan fingerprint density at radius 3 is 2.37 bits per heavy atom. The molecule has 198 valence electrons. The Morgan fingerprint density at radius 2 is 1.71 bits per heavy atom. The van der Waals surface area contributed by atoms with E-state index in [-0.39, 0.29) is 12.5 Å². The van der Waals surface area contributed by atoms with Crippen molar-refractivity contribution in [1.29, 1.82) is 0 Å². The van der Waals surface area contributed by atoms with Crippen molar-refractivity contribution >= 4 is 11.8 Å². The highest BCUT2D eigenvalue weighted by molar-refractivity contribution is 6.01. The summed E-state index contributed by atoms with van der Waals surface area (Å²) in [5.74, 6) is 0.946. The number of ether oxygens (including phenoxy) is 2. The summed E-state index contributed by atoms with van der Waals surface area (Å²) in [4.78, 5) is 18.6. The third-order valence-electron chi connectivity index (χ3n) is 6.62. The van der Waals surface area contributed by atoms with Crippen molar-refractivity contribution in [2.24, 2.45) is 4.99 Å². The van der Waals surface area contributed by atoms with E-state index in [1.807, 2.05) is 54.6 Å². The van der Waals surface area contributed by atoms with Gasteiger partial charge in [-0.15, -0.1) is 6.58 Å². The highest BCUT2D eigenvalue weighted by Crippen LogP contribution is 2.43. The van der Waals surface area contributed by atoms with Gasteiger partial charge in [-0.3, -0.25) is 4.79 Å². The number of hydrogen-bond acceptors (Lipinski definition) is 5. The fourth-order valence-corrected chi connectivity index (χ4v) is 4.55. The number of benzene rings is 3. The van der Waals surface area contributed by atoms with Gasteiger partial charge in [-0.25, -0.2) is 4.99 Å². The average Bonchev–Trinajstić information content (AvgIpc) is 3.35. The van der Waals surface area contributed by atoms with Crippen LogP contribution in [-0.2, 0) is 9.53 Å². The van der Waals surface area contributed by atoms with Crippen LogP contribution in [0.25, 0.3) is 11.1 Å². The zero-order valence-electron chi connectivity index (χ0n) is 21.9. The van der Waals surface area contributed by atoms with Crippen molar-refractivity contribution in [3.05, 3.63) is 103 Å². The minimum absolute atomic E-state index is 0.0855. The average molecular weight is 513 g/mol. The molecule has 1 amide bonds. The van der Waals surface area contributed by atoms with Gasteiger partial charge in [0.2, 0.25) is 5.90 Å². The predicted molar refractivity (Wildman–Crippen MR) is 151 cm³/mol. The molecule has 0 saturated heterocycles. The first kappa shape index (κ1) is 27.1. The lowest BCUT2D eigenvalue weighted by Crippen LogP contribution is -2.48. The Kier molecular flexibility index (Phi) is 9.33. The first-order chi connectivity index (χ1) is 18.6. The largest absolute Gasteiger partial charge is 0.494 e. The smallest absolute Gasteiger partial charge is 0.252 e. The van der Waals surface area contributed by atoms with Crippen molar-refractivity contribution in [3.8, 4) is 16.9 Å². The van der Waals surface area contributed by atoms with E-state index in [2.05, 4.69) is 43.1 Å². The van der Waals surface area contributed by atoms with E-state index in [9.17, 15) is 4.79 Å². The summed E-state index contributed by atoms with van der Waals surface area (Å²) in [6.45, 7) is 7.13. The molecule has 2 atom stereocenters. The summed E-state index contributed by atoms with van der Waals surface area (Å²) in [6.07, 6.45) is 3.90. The number of carbonyl (C=O) groups excluding carboxylic acids is 1. The van der Waals surface area contributed by atoms with Crippen LogP contribution in [0.15, 0.2) is 96.5 Å². The number of aliphatic hydroxyl groups excluding tert-OH is 1. The van der Waals surface area contributed by atoms with Crippen LogP contribution in [0.4, 0.5) is 0 Å². The van der Waals surface area contributed by atoms with Gasteiger partial charge < -0.3 is 19.9 Å². The van der Waals surface area contributed by atoms with Crippen molar-refractivity contribution in [2.75, 3.05) is 19.8 Å². The predicted octanol–water partition coefficient (Wildman–Crippen LogP) is 5.86. The number of hydrogen-bond donors (Lipinski definition) is 2. The molecule has 0 saturated carbocycles. The van der Waals surface area contributed by atoms with Crippen molar-refractivity contribution in [3.63, 3.8) is 0 Å². The minimum Gasteiger partial charge on any atom is -0.494 e. The SMILES string of the molecule is C=CC[C@@]1(C(=O)NCCCC)N=C(c2ccc(OCCCO)cc2)O[C@@H]1c1ccc(-c2ccccc2)cc1. The van der Waals surface area contributed by atoms with E-state index >= 15 is 0 Å². The van der Waals surface area contributed by atoms with Crippen LogP contribution >= 0.6 is 0 Å². The molecular formula is C32H36N2O4. The zero-order valence-corrected chi connectivity index (χ0v) is 21.9. The number of nitrogens with one attached hydrogen (secondary N) is 1. The van der Waals surface area contributed by atoms with Crippen LogP contribution in [0, 0.1) is 0 Å². The van der Waals surface area contributed by atoms with Gasteiger partial charge in [0.1, 0.15) is 5.75 Å². The summed E-state index contributed by atoms with van der Waals surface area (Å²) < 4.78 is 12.1. The molecule has 0 radical (unpaired) electrons. The standard InChI is InChI=1S/C32H36N2O4/c1-3-5-21-33-31(36)32(20-4-2)29(26-14-12-25(13-15-26)24-10-7-6-8-11-24)38-30(34-32)27-16-18-28(19-17-27)37-23-9-22-35/h4,6-8,10-19,29,35H,2-3,5,9,20-23H2,1H3,(H,33,36)/t29-,32-/m1/s1. The molecule has 6 heteroatoms. The van der Waals surface area contributed by atoms with Gasteiger partial charge in [0.05, 0.1) is 6.61 Å². The molecule has 1 aliphatic heterocycles. The van der Waals surface area contributed by atoms with Crippen LogP contribution in [0.2, 0.25) is 0 Å². The maximum absolute atomic E-state index is 13.7. The van der Waals surface area contributed by atoms with Gasteiger partial charge in [-0.2, -0.15) is 0 Å². The second-order valence-electron chi connectivity index (χ2n) is 9.38. The van der Waals surface area contributed by atoms with E-state index in [1.165, 1.54) is 0 Å². The fraction of sp³-hybridized carbons (Fsp3) is 0.312. The Hall–Kier alpha value is -3.90. The molecule has 3 aromatic rings. The van der Waals surface area contributed by atoms with E-state index in [0.29, 0.717) is 37.6 Å². The van der Waals surface area contributed by atoms with E-state index < -0.39 is 11.6 Å². The number of unbranched alkanes of at least 4 members (excludes halogenated alkanes) is 1. The molecule has 4 rings (SSSR count). The lowest BCUT2D eigenvalue weighted by molar-refractivity contribution is -0.128. The van der Waals surface area contributed by atoms with Crippen LogP contribution < -0.4 is 10.1 Å². The minimum atomic E-state index is -1.17. The molecule has 0 fully saturated rings. The van der Waals surface area contributed by atoms with Gasteiger partial charge in [-0.1, -0.05) is 74.0 Å². The quantitative estimate of drug-likeness (QED) is 0.222. The molecular weight excluding hydrogens is 476 g/mol. The molecule has 1 heterocycles. The molecule has 0 bridgehead atoms. The Morgan fingerprint density at radius 1 is 1.03 bits per heavy atom. The molecule has 2 N–H and O–H groups in total. The van der Waals surface area contributed by atoms with Crippen LogP contribution in [0.1, 0.15) is 49.8 Å². The molecule has 6 nitrogen and oxygen atoms in total. The lowest BCUT2D eigenvalue weighted by Gasteiger charge is -2.29. The number of aliphatic imine (C=N–C) groups is 1. The molecule has 1 aliphatic rings. The van der Waals surface area contributed by atoms with E-state index in [4.69, 9.17) is 19.6 Å². The summed E-state index contributed by atoms with van der Waals surface area (Å²) in [6, 6.07) is 25.8. The number of amides is 1. The van der Waals surface area contributed by atoms with Gasteiger partial charge in [0, 0.05) is 31.6 Å². The lowest BCUT2D eigenvalue weighted by atomic mass is 9.84. The van der Waals surface area contributed by atoms with Crippen molar-refractivity contribution in [1.82, 2.24) is 5.32 Å². The monoisotopic (exact) mass is 512 g/mol. The maximum atomic E-state index is 13.7. The van der Waals surface area contributed by atoms with Gasteiger partial charge in [-0.05, 0) is 47.4 Å². The van der Waals surface area contributed by atoms with Crippen LogP contribution in [0.5, 0.6) is 5.75 Å². The van der Waals surface area contributed by atoms with Crippen LogP contribution in [0.3, 0.4) is 0 Å². The number of carbonyl (C=O) groups is 1. The summed E-state index contributed by atoms with van der Waals surface area (Å²) in [5, 5.41) is 12.1. The Balaban J connectivity index is 1.66. The van der Waals surface area contributed by atoms with Gasteiger partial charge in [0.25, 0.3) is 5.91 Å². The summed E-state index contributed by atoms with van der Waals surface area (Å²) in [5.41, 5.74) is 2.68. The second-order valence-corrected chi connectivity index (χ2v) is 9.38. The Labute approximate surface area is 225 Å². The second kappa shape index (κ2) is 13.1. The van der Waals surface area contributed by atoms with Crippen molar-refractivity contribution < 1.29 is 19.4 Å². The first-order valence-corrected chi connectivity index (χ1v) is 13.3. The highest BCUT2D eigenvalue weighted by Gasteiger charge is 2.52. The van der Waals surface area contributed by atoms with Gasteiger partial charge >= 0.3 is 0 Å². The molecule has 0 aromatic heterocycles. The highest BCUT2D eigenvalue weighted by atomic mass is 16.5. The molecule has 0 aliphatic carbocycles. The number of nitrogens with zero attached hydrogens (tertiary/aromatic N) is 1. The number of rotatable bonds is 13. The Bertz CT molecular complexity index is 1220. The van der Waals surface area contributed by atoms with Crippen molar-refractivity contribution in [2.45, 2.75) is 44.2 Å².